The summed E-state index contributed by atoms with van der Waals surface area (Å²) in [5, 5.41) is 15.5. The first kappa shape index (κ1) is 26.8. The molecule has 3 amide bonds. The van der Waals surface area contributed by atoms with E-state index in [-0.39, 0.29) is 10.8 Å². The van der Waals surface area contributed by atoms with Crippen LogP contribution in [0.15, 0.2) is 10.5 Å². The monoisotopic (exact) mass is 544 g/mol. The number of nitrogens with one attached hydrogen (secondary N) is 2. The quantitative estimate of drug-likeness (QED) is 0.0769. The number of nitrogen functional groups attached to an aromatic ring is 1. The van der Waals surface area contributed by atoms with Crippen molar-refractivity contribution in [2.45, 2.75) is 31.5 Å². The maximum atomic E-state index is 12.8. The van der Waals surface area contributed by atoms with Crippen molar-refractivity contribution in [3.8, 4) is 0 Å². The van der Waals surface area contributed by atoms with Gasteiger partial charge in [-0.2, -0.15) is 21.1 Å². The maximum absolute atomic E-state index is 12.8. The number of amides is 3. The van der Waals surface area contributed by atoms with Gasteiger partial charge in [0.1, 0.15) is 11.7 Å². The van der Waals surface area contributed by atoms with E-state index in [1.54, 1.807) is 0 Å². The smallest absolute Gasteiger partial charge is 0.363 e. The lowest BCUT2D eigenvalue weighted by Crippen LogP contribution is -2.76. The van der Waals surface area contributed by atoms with Crippen LogP contribution in [0, 0.1) is 0 Å². The number of oxime groups is 1. The SMILES string of the molecule is CC(C)(ON=C(C(=O)N[C@H]1C(=O)N(S(=O)(=O)O)[C@H]1C(=O)NS(=O)(=O)O)c1csc(N)n1)C(=O)O. The van der Waals surface area contributed by atoms with Crippen LogP contribution in [0.3, 0.4) is 0 Å². The maximum Gasteiger partial charge on any atom is 0.363 e. The van der Waals surface area contributed by atoms with Crippen molar-refractivity contribution in [2.75, 3.05) is 5.73 Å². The molecule has 1 saturated heterocycles. The van der Waals surface area contributed by atoms with Gasteiger partial charge in [0.05, 0.1) is 0 Å². The fourth-order valence-corrected chi connectivity index (χ4v) is 4.08. The van der Waals surface area contributed by atoms with Gasteiger partial charge in [-0.3, -0.25) is 23.5 Å². The average Bonchev–Trinajstić information content (AvgIpc) is 3.07. The molecular formula is C13H16N6O12S3. The third kappa shape index (κ3) is 5.93. The van der Waals surface area contributed by atoms with Gasteiger partial charge < -0.3 is 21.0 Å². The van der Waals surface area contributed by atoms with Crippen LogP contribution in [0.25, 0.3) is 0 Å². The van der Waals surface area contributed by atoms with Crippen LogP contribution in [0.2, 0.25) is 0 Å². The molecule has 18 nitrogen and oxygen atoms in total. The summed E-state index contributed by atoms with van der Waals surface area (Å²) in [7, 11) is -10.6. The van der Waals surface area contributed by atoms with Crippen molar-refractivity contribution >= 4 is 66.5 Å². The number of carbonyl (C=O) groups is 4. The highest BCUT2D eigenvalue weighted by Crippen LogP contribution is 2.24. The number of nitrogens with two attached hydrogens (primary N) is 1. The van der Waals surface area contributed by atoms with E-state index in [1.807, 2.05) is 5.32 Å². The highest BCUT2D eigenvalue weighted by Gasteiger charge is 2.58. The summed E-state index contributed by atoms with van der Waals surface area (Å²) < 4.78 is 63.0. The summed E-state index contributed by atoms with van der Waals surface area (Å²) in [4.78, 5) is 56.9. The van der Waals surface area contributed by atoms with E-state index in [0.29, 0.717) is 0 Å². The number of β-lactam (4-membered cyclic amide) rings is 1. The number of hydrogen-bond donors (Lipinski definition) is 6. The summed E-state index contributed by atoms with van der Waals surface area (Å²) in [5.74, 6) is -6.20. The number of carboxylic acid groups (broad SMARTS) is 1. The normalized spacial score (nSPS) is 19.2. The summed E-state index contributed by atoms with van der Waals surface area (Å²) in [6, 6.07) is -4.42. The number of nitrogens with zero attached hydrogens (tertiary/aromatic N) is 3. The second-order valence-electron chi connectivity index (χ2n) is 6.87. The number of thiazole rings is 1. The average molecular weight is 545 g/mol. The van der Waals surface area contributed by atoms with Gasteiger partial charge in [-0.1, -0.05) is 5.16 Å². The van der Waals surface area contributed by atoms with Gasteiger partial charge >= 0.3 is 26.6 Å². The first-order valence-electron chi connectivity index (χ1n) is 8.46. The standard InChI is InChI=1S/C13H16N6O12S3/c1-13(2,11(23)24)31-17-5(4-3-32-12(14)15-4)8(20)16-6-7(9(21)18-33(25,26)27)19(10(6)22)34(28,29)30/h3,6-7H,1-2H3,(H2,14,15)(H,16,20)(H,18,21)(H,23,24)(H,25,26,27)(H,28,29,30)/t6-,7-/m1/s1. The largest absolute Gasteiger partial charge is 0.478 e. The number of rotatable bonds is 9. The van der Waals surface area contributed by atoms with E-state index in [1.165, 1.54) is 5.38 Å². The Labute approximate surface area is 194 Å². The fourth-order valence-electron chi connectivity index (χ4n) is 2.32. The second kappa shape index (κ2) is 9.09. The van der Waals surface area contributed by atoms with Gasteiger partial charge in [-0.05, 0) is 13.8 Å². The minimum absolute atomic E-state index is 0.0596. The molecule has 0 bridgehead atoms. The first-order chi connectivity index (χ1) is 15.3. The van der Waals surface area contributed by atoms with Gasteiger partial charge in [0.15, 0.2) is 16.9 Å². The minimum Gasteiger partial charge on any atom is -0.478 e. The van der Waals surface area contributed by atoms with E-state index in [0.717, 1.165) is 29.9 Å². The van der Waals surface area contributed by atoms with Crippen LogP contribution < -0.4 is 15.8 Å². The Morgan fingerprint density at radius 2 is 1.85 bits per heavy atom. The molecule has 2 rings (SSSR count). The highest BCUT2D eigenvalue weighted by molar-refractivity contribution is 7.84. The molecule has 0 unspecified atom stereocenters. The van der Waals surface area contributed by atoms with Crippen molar-refractivity contribution < 1.29 is 55.1 Å². The van der Waals surface area contributed by atoms with Crippen LogP contribution in [0.5, 0.6) is 0 Å². The van der Waals surface area contributed by atoms with Crippen molar-refractivity contribution in [3.05, 3.63) is 11.1 Å². The minimum atomic E-state index is -5.39. The molecule has 0 spiro atoms. The Bertz CT molecular complexity index is 1280. The summed E-state index contributed by atoms with van der Waals surface area (Å²) in [5.41, 5.74) is 2.53. The lowest BCUT2D eigenvalue weighted by Gasteiger charge is -2.42. The Hall–Kier alpha value is -3.40. The Balaban J connectivity index is 2.41. The van der Waals surface area contributed by atoms with Crippen molar-refractivity contribution in [3.63, 3.8) is 0 Å². The highest BCUT2D eigenvalue weighted by atomic mass is 32.2. The Kier molecular flexibility index (Phi) is 7.18. The molecule has 21 heteroatoms. The van der Waals surface area contributed by atoms with Gasteiger partial charge in [0.2, 0.25) is 5.60 Å². The lowest BCUT2D eigenvalue weighted by molar-refractivity contribution is -0.161. The molecule has 1 aromatic heterocycles. The number of anilines is 1. The predicted octanol–water partition coefficient (Wildman–Crippen LogP) is -3.27. The Morgan fingerprint density at radius 3 is 2.29 bits per heavy atom. The fraction of sp³-hybridized carbons (Fsp3) is 0.385. The topological polar surface area (TPSA) is 285 Å². The molecule has 1 aliphatic heterocycles. The van der Waals surface area contributed by atoms with E-state index in [4.69, 9.17) is 24.8 Å². The molecule has 0 aliphatic carbocycles. The number of aromatic nitrogens is 1. The molecule has 1 aliphatic rings. The molecular weight excluding hydrogens is 528 g/mol. The summed E-state index contributed by atoms with van der Waals surface area (Å²) in [6.07, 6.45) is 0. The molecule has 2 atom stereocenters. The van der Waals surface area contributed by atoms with Gasteiger partial charge in [-0.25, -0.2) is 14.5 Å². The van der Waals surface area contributed by atoms with Gasteiger partial charge in [0.25, 0.3) is 17.7 Å². The molecule has 7 N–H and O–H groups in total. The predicted molar refractivity (Wildman–Crippen MR) is 110 cm³/mol. The molecule has 1 aromatic rings. The van der Waals surface area contributed by atoms with Gasteiger partial charge in [-0.15, -0.1) is 11.3 Å². The molecule has 0 radical (unpaired) electrons. The third-order valence-electron chi connectivity index (χ3n) is 3.94. The first-order valence-corrected chi connectivity index (χ1v) is 12.2. The Morgan fingerprint density at radius 1 is 1.26 bits per heavy atom. The molecule has 0 aromatic carbocycles. The third-order valence-corrected chi connectivity index (χ3v) is 5.98. The van der Waals surface area contributed by atoms with E-state index in [2.05, 4.69) is 10.1 Å². The van der Waals surface area contributed by atoms with E-state index >= 15 is 0 Å². The number of carbonyl (C=O) groups excluding carboxylic acids is 3. The number of carboxylic acids is 1. The zero-order valence-corrected chi connectivity index (χ0v) is 19.3. The molecule has 0 saturated carbocycles. The zero-order valence-electron chi connectivity index (χ0n) is 16.9. The van der Waals surface area contributed by atoms with E-state index in [9.17, 15) is 36.0 Å². The van der Waals surface area contributed by atoms with Crippen LogP contribution >= 0.6 is 11.3 Å². The molecule has 34 heavy (non-hydrogen) atoms. The lowest BCUT2D eigenvalue weighted by atomic mass is 9.98. The van der Waals surface area contributed by atoms with Gasteiger partial charge in [0, 0.05) is 5.38 Å². The van der Waals surface area contributed by atoms with Crippen LogP contribution in [-0.2, 0) is 44.6 Å². The second-order valence-corrected chi connectivity index (χ2v) is 10.2. The van der Waals surface area contributed by atoms with Crippen molar-refractivity contribution in [1.29, 1.82) is 0 Å². The van der Waals surface area contributed by atoms with Crippen molar-refractivity contribution in [1.82, 2.24) is 19.3 Å². The number of hydrogen-bond acceptors (Lipinski definition) is 13. The summed E-state index contributed by atoms with van der Waals surface area (Å²) >= 11 is 0.832. The molecule has 2 heterocycles. The van der Waals surface area contributed by atoms with Crippen LogP contribution in [0.4, 0.5) is 5.13 Å². The molecule has 1 fully saturated rings. The summed E-state index contributed by atoms with van der Waals surface area (Å²) in [6.45, 7) is 2.16. The molecule has 188 valence electrons. The number of aliphatic carboxylic acids is 1. The van der Waals surface area contributed by atoms with Crippen LogP contribution in [-0.4, -0.2) is 87.4 Å². The van der Waals surface area contributed by atoms with E-state index < -0.39 is 72.0 Å². The zero-order chi connectivity index (χ0) is 26.2. The van der Waals surface area contributed by atoms with Crippen LogP contribution in [0.1, 0.15) is 19.5 Å². The van der Waals surface area contributed by atoms with Crippen molar-refractivity contribution in [2.24, 2.45) is 5.16 Å².